The van der Waals surface area contributed by atoms with E-state index in [0.717, 1.165) is 12.1 Å². The molecule has 3 nitrogen and oxygen atoms in total. The summed E-state index contributed by atoms with van der Waals surface area (Å²) in [7, 11) is 3.23. The van der Waals surface area contributed by atoms with Gasteiger partial charge in [0.25, 0.3) is 0 Å². The summed E-state index contributed by atoms with van der Waals surface area (Å²) in [6, 6.07) is 3.63. The molecule has 0 bridgehead atoms. The highest BCUT2D eigenvalue weighted by Gasteiger charge is 2.62. The number of carbonyl (C=O) groups excluding carboxylic acids is 1. The molecule has 0 unspecified atom stereocenters. The summed E-state index contributed by atoms with van der Waals surface area (Å²) in [5, 5.41) is 12.5. The average molecular weight is 450 g/mol. The monoisotopic (exact) mass is 449 g/mol. The molecule has 5 rings (SSSR count). The predicted octanol–water partition coefficient (Wildman–Crippen LogP) is 5.41. The van der Waals surface area contributed by atoms with Crippen molar-refractivity contribution in [2.45, 2.75) is 69.9 Å². The minimum Gasteiger partial charge on any atom is -0.378 e. The molecule has 3 heteroatoms. The van der Waals surface area contributed by atoms with Crippen molar-refractivity contribution in [2.75, 3.05) is 19.0 Å². The zero-order valence-corrected chi connectivity index (χ0v) is 17.5. The number of ketones is 1. The van der Waals surface area contributed by atoms with Gasteiger partial charge in [0.1, 0.15) is 5.60 Å². The molecule has 0 heterocycles. The van der Waals surface area contributed by atoms with Crippen molar-refractivity contribution in [2.24, 2.45) is 17.3 Å². The van der Waals surface area contributed by atoms with Gasteiger partial charge < -0.3 is 10.0 Å². The Morgan fingerprint density at radius 3 is 2.81 bits per heavy atom. The van der Waals surface area contributed by atoms with E-state index in [1.54, 1.807) is 24.9 Å². The van der Waals surface area contributed by atoms with Crippen LogP contribution in [0.5, 0.6) is 0 Å². The summed E-state index contributed by atoms with van der Waals surface area (Å²) in [6.45, 7) is -7.59. The number of fused-ring (bicyclic) bond motifs is 4. The lowest BCUT2D eigenvalue weighted by Gasteiger charge is -2.53. The first-order valence-corrected chi connectivity index (χ1v) is 10.1. The van der Waals surface area contributed by atoms with Gasteiger partial charge in [0.05, 0.1) is 1.37 Å². The first-order chi connectivity index (χ1) is 23.0. The van der Waals surface area contributed by atoms with E-state index < -0.39 is 121 Å². The van der Waals surface area contributed by atoms with E-state index in [1.807, 2.05) is 0 Å². The van der Waals surface area contributed by atoms with Crippen molar-refractivity contribution >= 4 is 11.5 Å². The second kappa shape index (κ2) is 7.63. The van der Waals surface area contributed by atoms with Crippen LogP contribution in [0.25, 0.3) is 0 Å². The van der Waals surface area contributed by atoms with Gasteiger partial charge in [0.15, 0.2) is 5.78 Å². The Hall–Kier alpha value is -2.31. The third kappa shape index (κ3) is 3.11. The van der Waals surface area contributed by atoms with Gasteiger partial charge in [-0.3, -0.25) is 4.79 Å². The number of benzene rings is 1. The molecule has 1 aromatic rings. The molecule has 0 radical (unpaired) electrons. The van der Waals surface area contributed by atoms with E-state index in [-0.39, 0.29) is 0 Å². The van der Waals surface area contributed by atoms with Crippen LogP contribution >= 0.6 is 0 Å². The lowest BCUT2D eigenvalue weighted by atomic mass is 9.51. The summed E-state index contributed by atoms with van der Waals surface area (Å²) in [5.41, 5.74) is -11.8. The highest BCUT2D eigenvalue weighted by Crippen LogP contribution is 2.66. The quantitative estimate of drug-likeness (QED) is 0.614. The number of carbonyl (C=O) groups is 1. The van der Waals surface area contributed by atoms with Crippen molar-refractivity contribution in [1.82, 2.24) is 0 Å². The summed E-state index contributed by atoms with van der Waals surface area (Å²) in [6.07, 6.45) is -24.0. The molecule has 2 saturated carbocycles. The first kappa shape index (κ1) is 8.48. The first-order valence-electron chi connectivity index (χ1n) is 20.1. The van der Waals surface area contributed by atoms with Gasteiger partial charge in [-0.05, 0) is 91.8 Å². The molecule has 2 fully saturated rings. The van der Waals surface area contributed by atoms with Gasteiger partial charge in [-0.2, -0.15) is 0 Å². The van der Waals surface area contributed by atoms with Crippen LogP contribution < -0.4 is 4.90 Å². The van der Waals surface area contributed by atoms with E-state index in [9.17, 15) is 16.8 Å². The molecule has 0 saturated heterocycles. The number of allylic oxidation sites excluding steroid dienone is 4. The minimum atomic E-state index is -4.23. The fourth-order valence-corrected chi connectivity index (χ4v) is 4.49. The average Bonchev–Trinajstić information content (AvgIpc) is 3.07. The summed E-state index contributed by atoms with van der Waals surface area (Å²) >= 11 is 0. The maximum atomic E-state index is 13.0. The zero-order valence-electron chi connectivity index (χ0n) is 37.5. The standard InChI is InChI=1S/C29H35NO2/c1-5-15-29(32)16-14-26-24-12-8-20-17-22(31)11-13-23(20)27(24)25(18-28(26,29)2)19-6-9-21(10-7-19)30(3)4/h6-7,9-10,17,24-26,32H,8,11-14,16,18H2,1-4H3/t24-,25+,26-,28-,29-/m0/s1/i1D3,2D3,8D2,12D2,13D2,14D2,16D2,17D,18D2,25D. The molecule has 1 aromatic carbocycles. The molecular weight excluding hydrogens is 394 g/mol. The summed E-state index contributed by atoms with van der Waals surface area (Å²) in [4.78, 5) is 14.6. The molecule has 168 valence electrons. The molecule has 4 aliphatic rings. The van der Waals surface area contributed by atoms with Gasteiger partial charge in [-0.1, -0.05) is 30.5 Å². The fourth-order valence-electron chi connectivity index (χ4n) is 4.49. The van der Waals surface area contributed by atoms with E-state index >= 15 is 0 Å². The molecule has 5 atom stereocenters. The van der Waals surface area contributed by atoms with Crippen LogP contribution in [0.4, 0.5) is 5.69 Å². The van der Waals surface area contributed by atoms with Gasteiger partial charge in [0.2, 0.25) is 0 Å². The molecule has 4 aliphatic carbocycles. The minimum absolute atomic E-state index is 0.429. The van der Waals surface area contributed by atoms with Crippen LogP contribution in [0.15, 0.2) is 47.0 Å². The van der Waals surface area contributed by atoms with Gasteiger partial charge in [0, 0.05) is 63.6 Å². The largest absolute Gasteiger partial charge is 0.378 e. The van der Waals surface area contributed by atoms with E-state index in [2.05, 4.69) is 0 Å². The van der Waals surface area contributed by atoms with Gasteiger partial charge >= 0.3 is 0 Å². The van der Waals surface area contributed by atoms with Crippen LogP contribution in [0.2, 0.25) is 0 Å². The van der Waals surface area contributed by atoms with E-state index in [4.69, 9.17) is 20.6 Å². The van der Waals surface area contributed by atoms with Crippen molar-refractivity contribution in [3.63, 3.8) is 0 Å². The van der Waals surface area contributed by atoms with Crippen LogP contribution in [0.1, 0.15) is 97.2 Å². The Labute approximate surface area is 220 Å². The van der Waals surface area contributed by atoms with Crippen molar-refractivity contribution in [1.29, 1.82) is 0 Å². The summed E-state index contributed by atoms with van der Waals surface area (Å²) < 4.78 is 179. The third-order valence-corrected chi connectivity index (χ3v) is 6.16. The molecule has 0 aliphatic heterocycles. The highest BCUT2D eigenvalue weighted by atomic mass is 16.3. The Kier molecular flexibility index (Phi) is 2.02. The van der Waals surface area contributed by atoms with Crippen LogP contribution in [-0.2, 0) is 4.79 Å². The Morgan fingerprint density at radius 1 is 1.28 bits per heavy atom. The van der Waals surface area contributed by atoms with E-state index in [0.29, 0.717) is 5.69 Å². The number of anilines is 1. The molecular formula is C29H35NO2. The third-order valence-electron chi connectivity index (χ3n) is 6.16. The van der Waals surface area contributed by atoms with Gasteiger partial charge in [-0.25, -0.2) is 0 Å². The van der Waals surface area contributed by atoms with Crippen molar-refractivity contribution < 1.29 is 37.3 Å². The maximum Gasteiger partial charge on any atom is 0.156 e. The van der Waals surface area contributed by atoms with Gasteiger partial charge in [-0.15, -0.1) is 5.92 Å². The molecule has 0 amide bonds. The second-order valence-electron chi connectivity index (χ2n) is 8.27. The van der Waals surface area contributed by atoms with E-state index in [1.165, 1.54) is 18.1 Å². The Morgan fingerprint density at radius 2 is 2.09 bits per heavy atom. The maximum absolute atomic E-state index is 13.0. The molecule has 1 N–H and O–H groups in total. The fraction of sp³-hybridized carbons (Fsp3) is 0.552. The van der Waals surface area contributed by atoms with Crippen LogP contribution in [0.3, 0.4) is 0 Å². The highest BCUT2D eigenvalue weighted by molar-refractivity contribution is 5.93. The number of aliphatic hydroxyl groups is 1. The smallest absolute Gasteiger partial charge is 0.156 e. The molecule has 0 spiro atoms. The molecule has 0 aromatic heterocycles. The summed E-state index contributed by atoms with van der Waals surface area (Å²) in [5.74, 6) is -7.55. The van der Waals surface area contributed by atoms with Crippen molar-refractivity contribution in [3.05, 3.63) is 52.6 Å². The molecule has 32 heavy (non-hydrogen) atoms. The van der Waals surface area contributed by atoms with Crippen LogP contribution in [-0.4, -0.2) is 30.6 Å². The SMILES string of the molecule is [2H]C1=C2C(=C3[C@H]([C@@H]4C([2H])([2H])C([2H])([2H])[C@@](O)(C#CC([2H])([2H])[2H])[C@@]4(C([2H])([2H])[2H])C([2H])([2H])[C@]3([2H])c3ccc(N(C)C)cc3)C([2H])([2H])C2([2H])[2H])C([2H])([2H])CC1=O. The lowest BCUT2D eigenvalue weighted by Crippen LogP contribution is -2.51. The second-order valence-corrected chi connectivity index (χ2v) is 8.27. The Bertz CT molecular complexity index is 1860. The topological polar surface area (TPSA) is 40.5 Å². The van der Waals surface area contributed by atoms with Crippen LogP contribution in [0, 0.1) is 29.1 Å². The number of hydrogen-bond acceptors (Lipinski definition) is 3. The Balaban J connectivity index is 2.20. The van der Waals surface area contributed by atoms with Crippen molar-refractivity contribution in [3.8, 4) is 11.8 Å². The number of hydrogen-bond donors (Lipinski definition) is 1. The normalized spacial score (nSPS) is 57.9. The lowest BCUT2D eigenvalue weighted by molar-refractivity contribution is -0.114. The predicted molar refractivity (Wildman–Crippen MR) is 129 cm³/mol. The number of rotatable bonds is 2. The zero-order chi connectivity index (χ0) is 40.2. The number of nitrogens with zero attached hydrogens (tertiary/aromatic N) is 1.